The Morgan fingerprint density at radius 1 is 1.03 bits per heavy atom. The average molecular weight is 425 g/mol. The number of carbonyl (C=O) groups is 1. The van der Waals surface area contributed by atoms with Gasteiger partial charge in [-0.25, -0.2) is 0 Å². The van der Waals surface area contributed by atoms with Crippen LogP contribution in [0.15, 0.2) is 72.8 Å². The molecule has 162 valence electrons. The molecule has 0 unspecified atom stereocenters. The summed E-state index contributed by atoms with van der Waals surface area (Å²) in [5.41, 5.74) is 6.32. The Bertz CT molecular complexity index is 1190. The topological polar surface area (TPSA) is 61.0 Å². The van der Waals surface area contributed by atoms with Crippen molar-refractivity contribution < 1.29 is 4.79 Å². The summed E-state index contributed by atoms with van der Waals surface area (Å²) in [5, 5.41) is 4.31. The van der Waals surface area contributed by atoms with Crippen LogP contribution in [0.1, 0.15) is 24.2 Å². The molecule has 1 saturated heterocycles. The molecule has 0 bridgehead atoms. The number of pyridine rings is 1. The molecule has 0 aliphatic carbocycles. The molecule has 32 heavy (non-hydrogen) atoms. The quantitative estimate of drug-likeness (QED) is 0.452. The van der Waals surface area contributed by atoms with Crippen molar-refractivity contribution in [2.45, 2.75) is 26.3 Å². The van der Waals surface area contributed by atoms with E-state index in [4.69, 9.17) is 0 Å². The molecule has 0 spiro atoms. The molecule has 5 nitrogen and oxygen atoms in total. The first-order valence-electron chi connectivity index (χ1n) is 11.3. The minimum absolute atomic E-state index is 0.0603. The van der Waals surface area contributed by atoms with E-state index < -0.39 is 0 Å². The summed E-state index contributed by atoms with van der Waals surface area (Å²) < 4.78 is 0. The van der Waals surface area contributed by atoms with E-state index in [1.807, 2.05) is 37.3 Å². The molecule has 2 aromatic carbocycles. The number of hydrogen-bond acceptors (Lipinski definition) is 3. The number of carbonyl (C=O) groups excluding carboxylic acids is 1. The fourth-order valence-electron chi connectivity index (χ4n) is 4.48. The second-order valence-electron chi connectivity index (χ2n) is 8.66. The number of piperidine rings is 1. The van der Waals surface area contributed by atoms with Crippen molar-refractivity contribution in [1.82, 2.24) is 14.9 Å². The van der Waals surface area contributed by atoms with E-state index in [0.717, 1.165) is 66.3 Å². The lowest BCUT2D eigenvalue weighted by Gasteiger charge is -2.31. The number of aromatic nitrogens is 2. The maximum Gasteiger partial charge on any atom is 0.227 e. The number of rotatable bonds is 5. The largest absolute Gasteiger partial charge is 0.355 e. The lowest BCUT2D eigenvalue weighted by molar-refractivity contribution is -0.121. The van der Waals surface area contributed by atoms with E-state index in [9.17, 15) is 4.79 Å². The molecule has 4 aromatic rings. The van der Waals surface area contributed by atoms with Gasteiger partial charge in [-0.2, -0.15) is 0 Å². The van der Waals surface area contributed by atoms with Gasteiger partial charge in [-0.15, -0.1) is 0 Å². The number of aryl methyl sites for hydroxylation is 1. The van der Waals surface area contributed by atoms with Gasteiger partial charge in [-0.05, 0) is 74.8 Å². The highest BCUT2D eigenvalue weighted by molar-refractivity contribution is 5.93. The number of nitrogens with zero attached hydrogens (tertiary/aromatic N) is 2. The van der Waals surface area contributed by atoms with Crippen LogP contribution >= 0.6 is 0 Å². The molecule has 1 aliphatic rings. The number of nitrogens with one attached hydrogen (secondary N) is 2. The molecule has 3 heterocycles. The Balaban J connectivity index is 1.16. The van der Waals surface area contributed by atoms with Crippen molar-refractivity contribution >= 4 is 22.5 Å². The van der Waals surface area contributed by atoms with Gasteiger partial charge >= 0.3 is 0 Å². The maximum atomic E-state index is 12.8. The molecule has 0 saturated carbocycles. The highest BCUT2D eigenvalue weighted by atomic mass is 16.1. The minimum atomic E-state index is 0.0603. The third-order valence-electron chi connectivity index (χ3n) is 6.28. The van der Waals surface area contributed by atoms with Gasteiger partial charge in [-0.1, -0.05) is 36.4 Å². The van der Waals surface area contributed by atoms with Crippen LogP contribution in [0.25, 0.3) is 22.2 Å². The molecule has 1 aliphatic heterocycles. The third kappa shape index (κ3) is 4.58. The van der Waals surface area contributed by atoms with Gasteiger partial charge in [0.1, 0.15) is 0 Å². The Hall–Kier alpha value is -3.44. The lowest BCUT2D eigenvalue weighted by Crippen LogP contribution is -2.37. The van der Waals surface area contributed by atoms with Crippen LogP contribution in [-0.4, -0.2) is 33.9 Å². The van der Waals surface area contributed by atoms with Crippen LogP contribution in [-0.2, 0) is 11.3 Å². The van der Waals surface area contributed by atoms with Crippen molar-refractivity contribution in [3.05, 3.63) is 84.2 Å². The predicted octanol–water partition coefficient (Wildman–Crippen LogP) is 5.39. The van der Waals surface area contributed by atoms with Gasteiger partial charge in [0.2, 0.25) is 5.91 Å². The number of anilines is 1. The van der Waals surface area contributed by atoms with E-state index in [0.29, 0.717) is 0 Å². The molecule has 5 heteroatoms. The van der Waals surface area contributed by atoms with Crippen LogP contribution in [0.5, 0.6) is 0 Å². The number of aromatic amines is 1. The standard InChI is InChI=1S/C27H28N4O/c1-19-5-4-7-24(28-19)18-31-15-13-21(14-16-31)27(32)29-23-11-9-20(10-12-23)26-17-22-6-2-3-8-25(22)30-26/h2-12,17,21,30H,13-16,18H2,1H3,(H,29,32). The molecular weight excluding hydrogens is 396 g/mol. The van der Waals surface area contributed by atoms with Crippen LogP contribution < -0.4 is 5.32 Å². The van der Waals surface area contributed by atoms with Crippen LogP contribution in [0.3, 0.4) is 0 Å². The Kier molecular flexibility index (Phi) is 5.73. The average Bonchev–Trinajstić information content (AvgIpc) is 3.24. The third-order valence-corrected chi connectivity index (χ3v) is 6.28. The zero-order chi connectivity index (χ0) is 21.9. The fraction of sp³-hybridized carbons (Fsp3) is 0.259. The maximum absolute atomic E-state index is 12.8. The summed E-state index contributed by atoms with van der Waals surface area (Å²) in [6.45, 7) is 4.72. The zero-order valence-electron chi connectivity index (χ0n) is 18.3. The predicted molar refractivity (Wildman–Crippen MR) is 129 cm³/mol. The molecule has 5 rings (SSSR count). The monoisotopic (exact) mass is 424 g/mol. The zero-order valence-corrected chi connectivity index (χ0v) is 18.3. The molecule has 1 amide bonds. The Labute approximate surface area is 188 Å². The first kappa shape index (κ1) is 20.5. The smallest absolute Gasteiger partial charge is 0.227 e. The van der Waals surface area contributed by atoms with E-state index in [1.54, 1.807) is 0 Å². The summed E-state index contributed by atoms with van der Waals surface area (Å²) >= 11 is 0. The van der Waals surface area contributed by atoms with Gasteiger partial charge < -0.3 is 10.3 Å². The first-order valence-corrected chi connectivity index (χ1v) is 11.3. The SMILES string of the molecule is Cc1cccc(CN2CCC(C(=O)Nc3ccc(-c4cc5ccccc5[nH]4)cc3)CC2)n1. The van der Waals surface area contributed by atoms with Gasteiger partial charge in [0.25, 0.3) is 0 Å². The second-order valence-corrected chi connectivity index (χ2v) is 8.66. The lowest BCUT2D eigenvalue weighted by atomic mass is 9.95. The summed E-state index contributed by atoms with van der Waals surface area (Å²) in [6.07, 6.45) is 1.76. The highest BCUT2D eigenvalue weighted by Gasteiger charge is 2.25. The van der Waals surface area contributed by atoms with Crippen LogP contribution in [0.4, 0.5) is 5.69 Å². The van der Waals surface area contributed by atoms with E-state index >= 15 is 0 Å². The molecule has 0 radical (unpaired) electrons. The number of fused-ring (bicyclic) bond motifs is 1. The number of likely N-dealkylation sites (tertiary alicyclic amines) is 1. The first-order chi connectivity index (χ1) is 15.6. The highest BCUT2D eigenvalue weighted by Crippen LogP contribution is 2.26. The van der Waals surface area contributed by atoms with Gasteiger partial charge in [-0.3, -0.25) is 14.7 Å². The fourth-order valence-corrected chi connectivity index (χ4v) is 4.48. The van der Waals surface area contributed by atoms with Crippen molar-refractivity contribution in [2.75, 3.05) is 18.4 Å². The van der Waals surface area contributed by atoms with E-state index in [-0.39, 0.29) is 11.8 Å². The molecule has 2 N–H and O–H groups in total. The van der Waals surface area contributed by atoms with E-state index in [1.165, 1.54) is 5.39 Å². The molecular formula is C27H28N4O. The minimum Gasteiger partial charge on any atom is -0.355 e. The van der Waals surface area contributed by atoms with Gasteiger partial charge in [0.05, 0.1) is 5.69 Å². The van der Waals surface area contributed by atoms with Gasteiger partial charge in [0.15, 0.2) is 0 Å². The van der Waals surface area contributed by atoms with Crippen molar-refractivity contribution in [2.24, 2.45) is 5.92 Å². The van der Waals surface area contributed by atoms with E-state index in [2.05, 4.69) is 62.6 Å². The Morgan fingerprint density at radius 3 is 2.56 bits per heavy atom. The number of H-pyrrole nitrogens is 1. The summed E-state index contributed by atoms with van der Waals surface area (Å²) in [5.74, 6) is 0.182. The number of benzene rings is 2. The van der Waals surface area contributed by atoms with Crippen molar-refractivity contribution in [1.29, 1.82) is 0 Å². The van der Waals surface area contributed by atoms with Crippen molar-refractivity contribution in [3.8, 4) is 11.3 Å². The normalized spacial score (nSPS) is 15.2. The molecule has 1 fully saturated rings. The van der Waals surface area contributed by atoms with Gasteiger partial charge in [0, 0.05) is 40.4 Å². The Morgan fingerprint density at radius 2 is 1.81 bits per heavy atom. The summed E-state index contributed by atoms with van der Waals surface area (Å²) in [4.78, 5) is 23.2. The molecule has 2 aromatic heterocycles. The number of hydrogen-bond donors (Lipinski definition) is 2. The summed E-state index contributed by atoms with van der Waals surface area (Å²) in [6, 6.07) is 24.6. The van der Waals surface area contributed by atoms with Crippen LogP contribution in [0.2, 0.25) is 0 Å². The number of amides is 1. The number of para-hydroxylation sites is 1. The second kappa shape index (κ2) is 8.97. The summed E-state index contributed by atoms with van der Waals surface area (Å²) in [7, 11) is 0. The molecule has 0 atom stereocenters. The van der Waals surface area contributed by atoms with Crippen LogP contribution in [0, 0.1) is 12.8 Å². The van der Waals surface area contributed by atoms with Crippen molar-refractivity contribution in [3.63, 3.8) is 0 Å².